The second-order valence-electron chi connectivity index (χ2n) is 5.55. The lowest BCUT2D eigenvalue weighted by atomic mass is 10.1. The first-order valence-electron chi connectivity index (χ1n) is 8.07. The van der Waals surface area contributed by atoms with Crippen LogP contribution in [0.2, 0.25) is 0 Å². The quantitative estimate of drug-likeness (QED) is 0.526. The topological polar surface area (TPSA) is 91.8 Å². The maximum Gasteiger partial charge on any atom is 0.259 e. The van der Waals surface area contributed by atoms with Crippen LogP contribution in [0, 0.1) is 0 Å². The molecule has 0 fully saturated rings. The Balaban J connectivity index is 1.93. The van der Waals surface area contributed by atoms with Crippen molar-refractivity contribution < 1.29 is 14.3 Å². The zero-order valence-electron chi connectivity index (χ0n) is 15.0. The van der Waals surface area contributed by atoms with Crippen molar-refractivity contribution in [2.75, 3.05) is 24.3 Å². The Morgan fingerprint density at radius 2 is 1.85 bits per heavy atom. The smallest absolute Gasteiger partial charge is 0.259 e. The largest absolute Gasteiger partial charge is 0.495 e. The van der Waals surface area contributed by atoms with Gasteiger partial charge in [-0.05, 0) is 36.8 Å². The molecule has 0 aliphatic rings. The van der Waals surface area contributed by atoms with Gasteiger partial charge in [0.2, 0.25) is 5.91 Å². The van der Waals surface area contributed by atoms with Gasteiger partial charge in [0.05, 0.1) is 25.1 Å². The Hall–Kier alpha value is -3.35. The highest BCUT2D eigenvalue weighted by atomic mass is 16.5. The Labute approximate surface area is 152 Å². The molecule has 0 atom stereocenters. The molecule has 2 aromatic rings. The number of nitrogens with zero attached hydrogens (tertiary/aromatic N) is 1. The molecule has 7 heteroatoms. The van der Waals surface area contributed by atoms with Gasteiger partial charge in [-0.2, -0.15) is 5.10 Å². The zero-order valence-corrected chi connectivity index (χ0v) is 15.0. The third kappa shape index (κ3) is 5.62. The second kappa shape index (κ2) is 9.22. The lowest BCUT2D eigenvalue weighted by Crippen LogP contribution is -2.26. The first-order chi connectivity index (χ1) is 12.5. The number of carbonyl (C=O) groups excluding carboxylic acids is 2. The number of hydrazone groups is 1. The molecular formula is C19H22N4O3. The molecule has 2 aromatic carbocycles. The number of carbonyl (C=O) groups is 2. The lowest BCUT2D eigenvalue weighted by Gasteiger charge is -2.10. The van der Waals surface area contributed by atoms with E-state index in [2.05, 4.69) is 21.2 Å². The zero-order chi connectivity index (χ0) is 18.9. The summed E-state index contributed by atoms with van der Waals surface area (Å²) in [5.41, 5.74) is 5.34. The number of benzene rings is 2. The number of nitrogens with one attached hydrogen (secondary N) is 3. The fourth-order valence-electron chi connectivity index (χ4n) is 2.24. The van der Waals surface area contributed by atoms with Crippen LogP contribution in [0.4, 0.5) is 11.4 Å². The van der Waals surface area contributed by atoms with Crippen molar-refractivity contribution in [2.45, 2.75) is 13.8 Å². The maximum atomic E-state index is 12.0. The maximum absolute atomic E-state index is 12.0. The third-order valence-electron chi connectivity index (χ3n) is 3.50. The van der Waals surface area contributed by atoms with Gasteiger partial charge in [0.25, 0.3) is 5.91 Å². The molecule has 3 N–H and O–H groups in total. The number of methoxy groups -OCH3 is 1. The lowest BCUT2D eigenvalue weighted by molar-refractivity contribution is -0.119. The average Bonchev–Trinajstić information content (AvgIpc) is 2.64. The van der Waals surface area contributed by atoms with E-state index in [1.807, 2.05) is 36.4 Å². The molecule has 26 heavy (non-hydrogen) atoms. The van der Waals surface area contributed by atoms with E-state index in [0.717, 1.165) is 11.3 Å². The summed E-state index contributed by atoms with van der Waals surface area (Å²) in [4.78, 5) is 23.1. The molecule has 0 aliphatic carbocycles. The first-order valence-corrected chi connectivity index (χ1v) is 8.07. The summed E-state index contributed by atoms with van der Waals surface area (Å²) < 4.78 is 5.22. The first kappa shape index (κ1) is 19.0. The van der Waals surface area contributed by atoms with Gasteiger partial charge in [0.15, 0.2) is 0 Å². The summed E-state index contributed by atoms with van der Waals surface area (Å²) in [6.07, 6.45) is 0. The monoisotopic (exact) mass is 354 g/mol. The van der Waals surface area contributed by atoms with E-state index in [4.69, 9.17) is 4.74 Å². The fourth-order valence-corrected chi connectivity index (χ4v) is 2.24. The van der Waals surface area contributed by atoms with Gasteiger partial charge in [-0.1, -0.05) is 24.3 Å². The van der Waals surface area contributed by atoms with Crippen molar-refractivity contribution >= 4 is 28.9 Å². The Morgan fingerprint density at radius 1 is 1.08 bits per heavy atom. The fraction of sp³-hybridized carbons (Fsp3) is 0.211. The van der Waals surface area contributed by atoms with Crippen LogP contribution in [-0.4, -0.2) is 31.2 Å². The van der Waals surface area contributed by atoms with Crippen molar-refractivity contribution in [3.05, 3.63) is 54.1 Å². The van der Waals surface area contributed by atoms with E-state index in [0.29, 0.717) is 17.1 Å². The minimum Gasteiger partial charge on any atom is -0.495 e. The standard InChI is InChI=1S/C19H22N4O3/c1-13(15-7-6-8-16(11-15)21-14(2)24)22-23-19(25)12-20-17-9-4-5-10-18(17)26-3/h4-11,20H,12H2,1-3H3,(H,21,24)(H,23,25)/b22-13-. The number of amides is 2. The highest BCUT2D eigenvalue weighted by Crippen LogP contribution is 2.22. The SMILES string of the molecule is COc1ccccc1NCC(=O)N/N=C(/C)c1cccc(NC(C)=O)c1. The number of ether oxygens (including phenoxy) is 1. The van der Waals surface area contributed by atoms with Crippen LogP contribution in [0.1, 0.15) is 19.4 Å². The summed E-state index contributed by atoms with van der Waals surface area (Å²) in [6, 6.07) is 14.6. The normalized spacial score (nSPS) is 10.8. The molecule has 0 saturated carbocycles. The minimum atomic E-state index is -0.284. The Bertz CT molecular complexity index is 818. The minimum absolute atomic E-state index is 0.0586. The van der Waals surface area contributed by atoms with Gasteiger partial charge in [-0.15, -0.1) is 0 Å². The number of para-hydroxylation sites is 2. The predicted molar refractivity (Wildman–Crippen MR) is 103 cm³/mol. The molecule has 7 nitrogen and oxygen atoms in total. The van der Waals surface area contributed by atoms with E-state index in [-0.39, 0.29) is 18.4 Å². The summed E-state index contributed by atoms with van der Waals surface area (Å²) in [7, 11) is 1.57. The third-order valence-corrected chi connectivity index (χ3v) is 3.50. The summed E-state index contributed by atoms with van der Waals surface area (Å²) in [6.45, 7) is 3.28. The van der Waals surface area contributed by atoms with Crippen LogP contribution in [0.3, 0.4) is 0 Å². The summed E-state index contributed by atoms with van der Waals surface area (Å²) in [5.74, 6) is 0.232. The second-order valence-corrected chi connectivity index (χ2v) is 5.55. The molecular weight excluding hydrogens is 332 g/mol. The van der Waals surface area contributed by atoms with Crippen molar-refractivity contribution in [3.63, 3.8) is 0 Å². The van der Waals surface area contributed by atoms with Gasteiger partial charge in [-0.25, -0.2) is 5.43 Å². The van der Waals surface area contributed by atoms with E-state index >= 15 is 0 Å². The van der Waals surface area contributed by atoms with Crippen LogP contribution < -0.4 is 20.8 Å². The molecule has 2 rings (SSSR count). The van der Waals surface area contributed by atoms with Crippen molar-refractivity contribution in [1.82, 2.24) is 5.43 Å². The van der Waals surface area contributed by atoms with Crippen LogP contribution in [0.15, 0.2) is 53.6 Å². The summed E-state index contributed by atoms with van der Waals surface area (Å²) >= 11 is 0. The van der Waals surface area contributed by atoms with Gasteiger partial charge >= 0.3 is 0 Å². The molecule has 0 radical (unpaired) electrons. The van der Waals surface area contributed by atoms with E-state index < -0.39 is 0 Å². The molecule has 0 bridgehead atoms. The highest BCUT2D eigenvalue weighted by Gasteiger charge is 2.05. The van der Waals surface area contributed by atoms with Gasteiger partial charge < -0.3 is 15.4 Å². The van der Waals surface area contributed by atoms with Crippen LogP contribution in [0.5, 0.6) is 5.75 Å². The van der Waals surface area contributed by atoms with E-state index in [1.54, 1.807) is 26.2 Å². The molecule has 2 amide bonds. The van der Waals surface area contributed by atoms with E-state index in [1.165, 1.54) is 6.92 Å². The number of hydrogen-bond donors (Lipinski definition) is 3. The summed E-state index contributed by atoms with van der Waals surface area (Å²) in [5, 5.41) is 9.82. The molecule has 0 heterocycles. The average molecular weight is 354 g/mol. The Morgan fingerprint density at radius 3 is 2.58 bits per heavy atom. The number of hydrogen-bond acceptors (Lipinski definition) is 5. The highest BCUT2D eigenvalue weighted by molar-refractivity contribution is 6.01. The van der Waals surface area contributed by atoms with Crippen molar-refractivity contribution in [1.29, 1.82) is 0 Å². The van der Waals surface area contributed by atoms with Gasteiger partial charge in [-0.3, -0.25) is 9.59 Å². The predicted octanol–water partition coefficient (Wildman–Crippen LogP) is 2.61. The van der Waals surface area contributed by atoms with E-state index in [9.17, 15) is 9.59 Å². The Kier molecular flexibility index (Phi) is 6.73. The number of anilines is 2. The van der Waals surface area contributed by atoms with Gasteiger partial charge in [0.1, 0.15) is 5.75 Å². The molecule has 0 aromatic heterocycles. The number of rotatable bonds is 7. The van der Waals surface area contributed by atoms with Gasteiger partial charge in [0, 0.05) is 12.6 Å². The molecule has 0 spiro atoms. The molecule has 0 aliphatic heterocycles. The van der Waals surface area contributed by atoms with Crippen LogP contribution in [-0.2, 0) is 9.59 Å². The van der Waals surface area contributed by atoms with Crippen molar-refractivity contribution in [3.8, 4) is 5.75 Å². The van der Waals surface area contributed by atoms with Crippen molar-refractivity contribution in [2.24, 2.45) is 5.10 Å². The molecule has 0 saturated heterocycles. The molecule has 136 valence electrons. The van der Waals surface area contributed by atoms with Crippen LogP contribution in [0.25, 0.3) is 0 Å². The van der Waals surface area contributed by atoms with Crippen LogP contribution >= 0.6 is 0 Å². The molecule has 0 unspecified atom stereocenters.